The number of hydrogen-bond donors (Lipinski definition) is 1. The zero-order valence-corrected chi connectivity index (χ0v) is 7.07. The molecule has 0 aliphatic heterocycles. The zero-order chi connectivity index (χ0) is 9.56. The van der Waals surface area contributed by atoms with Gasteiger partial charge in [0, 0.05) is 6.21 Å². The molecule has 0 saturated heterocycles. The summed E-state index contributed by atoms with van der Waals surface area (Å²) < 4.78 is 0. The Labute approximate surface area is 71.6 Å². The van der Waals surface area contributed by atoms with E-state index in [9.17, 15) is 0 Å². The van der Waals surface area contributed by atoms with Crippen molar-refractivity contribution < 1.29 is 0 Å². The van der Waals surface area contributed by atoms with Crippen LogP contribution in [0.2, 0.25) is 0 Å². The minimum Gasteiger partial charge on any atom is -0.388 e. The Balaban J connectivity index is 4.66. The van der Waals surface area contributed by atoms with Crippen molar-refractivity contribution in [3.05, 3.63) is 11.4 Å². The van der Waals surface area contributed by atoms with Crippen LogP contribution in [0.3, 0.4) is 0 Å². The van der Waals surface area contributed by atoms with Crippen LogP contribution in [-0.2, 0) is 0 Å². The van der Waals surface area contributed by atoms with Gasteiger partial charge in [-0.2, -0.15) is 10.5 Å². The fourth-order valence-electron chi connectivity index (χ4n) is 0.435. The predicted molar refractivity (Wildman–Crippen MR) is 45.8 cm³/mol. The zero-order valence-electron chi connectivity index (χ0n) is 7.07. The standard InChI is InChI=1S/C8H10N4/c1-6(2)5-12-8(4-10)7(11)3-9/h5-6H,11H2,1-2H3. The summed E-state index contributed by atoms with van der Waals surface area (Å²) in [4.78, 5) is 3.76. The van der Waals surface area contributed by atoms with E-state index in [2.05, 4.69) is 4.99 Å². The minimum atomic E-state index is -0.144. The first kappa shape index (κ1) is 10.2. The molecule has 62 valence electrons. The summed E-state index contributed by atoms with van der Waals surface area (Å²) >= 11 is 0. The van der Waals surface area contributed by atoms with Gasteiger partial charge >= 0.3 is 0 Å². The van der Waals surface area contributed by atoms with Gasteiger partial charge in [-0.1, -0.05) is 13.8 Å². The number of rotatable bonds is 2. The van der Waals surface area contributed by atoms with E-state index in [1.807, 2.05) is 13.8 Å². The van der Waals surface area contributed by atoms with Gasteiger partial charge in [0.15, 0.2) is 5.70 Å². The smallest absolute Gasteiger partial charge is 0.174 e. The number of allylic oxidation sites excluding steroid dienone is 2. The molecule has 0 fully saturated rings. The van der Waals surface area contributed by atoms with E-state index in [0.717, 1.165) is 0 Å². The van der Waals surface area contributed by atoms with Crippen LogP contribution in [0.4, 0.5) is 0 Å². The van der Waals surface area contributed by atoms with Crippen molar-refractivity contribution in [1.29, 1.82) is 10.5 Å². The maximum atomic E-state index is 8.49. The molecule has 0 unspecified atom stereocenters. The Hall–Kier alpha value is -1.81. The molecule has 0 spiro atoms. The Bertz CT molecular complexity index is 285. The lowest BCUT2D eigenvalue weighted by molar-refractivity contribution is 0.905. The van der Waals surface area contributed by atoms with Crippen molar-refractivity contribution >= 4 is 6.21 Å². The molecule has 0 saturated carbocycles. The summed E-state index contributed by atoms with van der Waals surface area (Å²) in [6, 6.07) is 3.40. The average molecular weight is 162 g/mol. The first-order valence-electron chi connectivity index (χ1n) is 3.46. The van der Waals surface area contributed by atoms with Crippen LogP contribution in [0.5, 0.6) is 0 Å². The maximum Gasteiger partial charge on any atom is 0.174 e. The van der Waals surface area contributed by atoms with E-state index >= 15 is 0 Å². The Morgan fingerprint density at radius 3 is 2.33 bits per heavy atom. The summed E-state index contributed by atoms with van der Waals surface area (Å²) in [6.07, 6.45) is 1.57. The first-order valence-corrected chi connectivity index (χ1v) is 3.46. The number of hydrogen-bond acceptors (Lipinski definition) is 4. The van der Waals surface area contributed by atoms with E-state index in [0.29, 0.717) is 0 Å². The lowest BCUT2D eigenvalue weighted by Crippen LogP contribution is -1.98. The molecule has 0 heterocycles. The lowest BCUT2D eigenvalue weighted by Gasteiger charge is -1.92. The normalized spacial score (nSPS) is 12.4. The van der Waals surface area contributed by atoms with Crippen molar-refractivity contribution in [1.82, 2.24) is 0 Å². The molecule has 0 aromatic heterocycles. The van der Waals surface area contributed by atoms with Crippen LogP contribution in [0.25, 0.3) is 0 Å². The van der Waals surface area contributed by atoms with Crippen LogP contribution < -0.4 is 5.73 Å². The number of nitrogens with zero attached hydrogens (tertiary/aromatic N) is 3. The van der Waals surface area contributed by atoms with Crippen LogP contribution in [0.1, 0.15) is 13.8 Å². The lowest BCUT2D eigenvalue weighted by atomic mass is 10.2. The summed E-state index contributed by atoms with van der Waals surface area (Å²) in [5.74, 6) is 0.236. The second-order valence-corrected chi connectivity index (χ2v) is 2.51. The third-order valence-corrected chi connectivity index (χ3v) is 0.983. The van der Waals surface area contributed by atoms with Gasteiger partial charge in [0.2, 0.25) is 0 Å². The number of nitrogens with two attached hydrogens (primary N) is 1. The second-order valence-electron chi connectivity index (χ2n) is 2.51. The maximum absolute atomic E-state index is 8.49. The van der Waals surface area contributed by atoms with Crippen LogP contribution in [0.15, 0.2) is 16.4 Å². The van der Waals surface area contributed by atoms with Crippen molar-refractivity contribution in [2.75, 3.05) is 0 Å². The molecule has 12 heavy (non-hydrogen) atoms. The van der Waals surface area contributed by atoms with Gasteiger partial charge in [0.1, 0.15) is 17.8 Å². The highest BCUT2D eigenvalue weighted by Crippen LogP contribution is 1.99. The van der Waals surface area contributed by atoms with E-state index < -0.39 is 0 Å². The molecule has 0 amide bonds. The van der Waals surface area contributed by atoms with Crippen molar-refractivity contribution in [3.8, 4) is 12.1 Å². The molecule has 0 aromatic carbocycles. The highest BCUT2D eigenvalue weighted by atomic mass is 14.8. The van der Waals surface area contributed by atoms with Gasteiger partial charge in [-0.05, 0) is 5.92 Å². The molecule has 4 heteroatoms. The van der Waals surface area contributed by atoms with Crippen molar-refractivity contribution in [2.45, 2.75) is 13.8 Å². The SMILES string of the molecule is CC(C)C=NC(C#N)=C(N)C#N. The summed E-state index contributed by atoms with van der Waals surface area (Å²) in [5, 5.41) is 16.8. The number of aliphatic imine (C=N–C) groups is 1. The van der Waals surface area contributed by atoms with Gasteiger partial charge in [-0.25, -0.2) is 4.99 Å². The third-order valence-electron chi connectivity index (χ3n) is 0.983. The summed E-state index contributed by atoms with van der Waals surface area (Å²) in [7, 11) is 0. The monoisotopic (exact) mass is 162 g/mol. The predicted octanol–water partition coefficient (Wildman–Crippen LogP) is 0.931. The van der Waals surface area contributed by atoms with Crippen LogP contribution in [0, 0.1) is 28.6 Å². The van der Waals surface area contributed by atoms with Crippen molar-refractivity contribution in [3.63, 3.8) is 0 Å². The van der Waals surface area contributed by atoms with Gasteiger partial charge in [0.25, 0.3) is 0 Å². The van der Waals surface area contributed by atoms with Gasteiger partial charge in [0.05, 0.1) is 0 Å². The van der Waals surface area contributed by atoms with Crippen LogP contribution in [-0.4, -0.2) is 6.21 Å². The quantitative estimate of drug-likeness (QED) is 0.484. The van der Waals surface area contributed by atoms with Gasteiger partial charge in [-0.3, -0.25) is 0 Å². The third kappa shape index (κ3) is 3.38. The van der Waals surface area contributed by atoms with E-state index in [-0.39, 0.29) is 17.3 Å². The summed E-state index contributed by atoms with van der Waals surface area (Å²) in [5.41, 5.74) is 5.03. The second kappa shape index (κ2) is 4.92. The summed E-state index contributed by atoms with van der Waals surface area (Å²) in [6.45, 7) is 3.84. The fourth-order valence-corrected chi connectivity index (χ4v) is 0.435. The van der Waals surface area contributed by atoms with E-state index in [1.165, 1.54) is 0 Å². The molecule has 0 rings (SSSR count). The van der Waals surface area contributed by atoms with Crippen LogP contribution >= 0.6 is 0 Å². The Morgan fingerprint density at radius 1 is 1.42 bits per heavy atom. The van der Waals surface area contributed by atoms with E-state index in [1.54, 1.807) is 18.4 Å². The highest BCUT2D eigenvalue weighted by Gasteiger charge is 1.98. The topological polar surface area (TPSA) is 86.0 Å². The molecular formula is C8H10N4. The van der Waals surface area contributed by atoms with Crippen molar-refractivity contribution in [2.24, 2.45) is 16.6 Å². The average Bonchev–Trinajstić information content (AvgIpc) is 2.04. The molecule has 0 aliphatic rings. The fraction of sp³-hybridized carbons (Fsp3) is 0.375. The minimum absolute atomic E-state index is 0.0220. The molecule has 0 radical (unpaired) electrons. The molecule has 2 N–H and O–H groups in total. The van der Waals surface area contributed by atoms with Gasteiger partial charge < -0.3 is 5.73 Å². The molecule has 0 aliphatic carbocycles. The number of nitriles is 2. The van der Waals surface area contributed by atoms with E-state index in [4.69, 9.17) is 16.3 Å². The Kier molecular flexibility index (Phi) is 4.18. The molecular weight excluding hydrogens is 152 g/mol. The Morgan fingerprint density at radius 2 is 2.00 bits per heavy atom. The molecule has 0 aromatic rings. The highest BCUT2D eigenvalue weighted by molar-refractivity contribution is 5.62. The molecule has 0 bridgehead atoms. The first-order chi connectivity index (χ1) is 5.61. The largest absolute Gasteiger partial charge is 0.388 e. The molecule has 0 atom stereocenters. The molecule has 4 nitrogen and oxygen atoms in total. The van der Waals surface area contributed by atoms with Gasteiger partial charge in [-0.15, -0.1) is 0 Å².